The molecule has 2 unspecified atom stereocenters. The molecular weight excluding hydrogens is 299 g/mol. The van der Waals surface area contributed by atoms with Gasteiger partial charge in [-0.2, -0.15) is 0 Å². The molecule has 0 radical (unpaired) electrons. The maximum atomic E-state index is 14.4. The molecule has 1 aliphatic heterocycles. The summed E-state index contributed by atoms with van der Waals surface area (Å²) in [7, 11) is 0. The first-order chi connectivity index (χ1) is 10.5. The van der Waals surface area contributed by atoms with Gasteiger partial charge in [-0.05, 0) is 5.53 Å². The van der Waals surface area contributed by atoms with E-state index < -0.39 is 30.8 Å². The molecule has 0 amide bonds. The number of anilines is 1. The number of ether oxygens (including phenoxy) is 1. The summed E-state index contributed by atoms with van der Waals surface area (Å²) in [5.74, 6) is 0.0983. The van der Waals surface area contributed by atoms with E-state index in [0.29, 0.717) is 0 Å². The van der Waals surface area contributed by atoms with E-state index in [9.17, 15) is 14.6 Å². The fourth-order valence-corrected chi connectivity index (χ4v) is 2.34. The molecule has 3 rings (SSSR count). The number of azide groups is 1. The predicted octanol–water partition coefficient (Wildman–Crippen LogP) is -0.365. The molecule has 12 heteroatoms. The second kappa shape index (κ2) is 5.03. The summed E-state index contributed by atoms with van der Waals surface area (Å²) >= 11 is 0. The van der Waals surface area contributed by atoms with Crippen molar-refractivity contribution >= 4 is 17.0 Å². The maximum Gasteiger partial charge on any atom is 0.201 e. The Bertz CT molecular complexity index is 762. The third-order valence-electron chi connectivity index (χ3n) is 3.46. The van der Waals surface area contributed by atoms with Gasteiger partial charge in [-0.1, -0.05) is 5.11 Å². The smallest absolute Gasteiger partial charge is 0.201 e. The Morgan fingerprint density at radius 3 is 3.00 bits per heavy atom. The number of aliphatic hydroxyl groups excluding tert-OH is 2. The second-order valence-electron chi connectivity index (χ2n) is 4.67. The van der Waals surface area contributed by atoms with Gasteiger partial charge in [0.2, 0.25) is 5.72 Å². The number of aliphatic hydroxyl groups is 2. The lowest BCUT2D eigenvalue weighted by Crippen LogP contribution is -2.43. The number of nitrogens with zero attached hydrogens (tertiary/aromatic N) is 7. The minimum Gasteiger partial charge on any atom is -0.393 e. The van der Waals surface area contributed by atoms with Crippen LogP contribution in [0.25, 0.3) is 21.6 Å². The second-order valence-corrected chi connectivity index (χ2v) is 4.67. The largest absolute Gasteiger partial charge is 0.393 e. The quantitative estimate of drug-likeness (QED) is 0.395. The number of aromatic nitrogens is 4. The molecule has 2 aromatic rings. The average Bonchev–Trinajstić information content (AvgIpc) is 3.04. The summed E-state index contributed by atoms with van der Waals surface area (Å²) in [5.41, 5.74) is 12.5. The van der Waals surface area contributed by atoms with E-state index in [2.05, 4.69) is 25.0 Å². The van der Waals surface area contributed by atoms with Crippen LogP contribution in [0.5, 0.6) is 0 Å². The average molecular weight is 310 g/mol. The van der Waals surface area contributed by atoms with Crippen molar-refractivity contribution in [1.82, 2.24) is 19.5 Å². The molecule has 4 atom stereocenters. The first-order valence-electron chi connectivity index (χ1n) is 6.14. The van der Waals surface area contributed by atoms with Crippen LogP contribution in [0.1, 0.15) is 6.23 Å². The van der Waals surface area contributed by atoms with E-state index in [1.807, 2.05) is 0 Å². The zero-order valence-corrected chi connectivity index (χ0v) is 11.0. The lowest BCUT2D eigenvalue weighted by atomic mass is 10.1. The summed E-state index contributed by atoms with van der Waals surface area (Å²) in [6.45, 7) is -0.890. The fraction of sp³-hybridized carbons (Fsp3) is 0.500. The number of imidazole rings is 1. The fourth-order valence-electron chi connectivity index (χ4n) is 2.34. The van der Waals surface area contributed by atoms with Gasteiger partial charge in [0, 0.05) is 4.91 Å². The van der Waals surface area contributed by atoms with Crippen molar-refractivity contribution in [1.29, 1.82) is 0 Å². The molecule has 1 aliphatic rings. The highest BCUT2D eigenvalue weighted by molar-refractivity contribution is 5.81. The van der Waals surface area contributed by atoms with E-state index in [1.165, 1.54) is 17.2 Å². The summed E-state index contributed by atoms with van der Waals surface area (Å²) in [4.78, 5) is 14.1. The SMILES string of the molecule is [N-]=[N+]=N[C@]1(CO)O[C@@H](n2cnc3c(N)ncnc32)C(F)C1O. The summed E-state index contributed by atoms with van der Waals surface area (Å²) < 4.78 is 20.9. The highest BCUT2D eigenvalue weighted by Gasteiger charge is 2.56. The molecule has 0 aromatic carbocycles. The van der Waals surface area contributed by atoms with Gasteiger partial charge in [-0.25, -0.2) is 19.3 Å². The zero-order chi connectivity index (χ0) is 15.9. The van der Waals surface area contributed by atoms with Gasteiger partial charge < -0.3 is 20.7 Å². The van der Waals surface area contributed by atoms with Gasteiger partial charge in [0.15, 0.2) is 23.9 Å². The molecule has 2 aromatic heterocycles. The van der Waals surface area contributed by atoms with Crippen molar-refractivity contribution in [3.63, 3.8) is 0 Å². The third-order valence-corrected chi connectivity index (χ3v) is 3.46. The zero-order valence-electron chi connectivity index (χ0n) is 11.0. The number of hydrogen-bond donors (Lipinski definition) is 3. The molecule has 11 nitrogen and oxygen atoms in total. The van der Waals surface area contributed by atoms with Crippen molar-refractivity contribution in [2.45, 2.75) is 24.2 Å². The summed E-state index contributed by atoms with van der Waals surface area (Å²) in [6.07, 6.45) is -2.85. The standard InChI is InChI=1S/C10H11FN8O3/c11-4-6(21)10(1-20,17-18-13)22-9(4)19-3-16-5-7(12)14-2-15-8(5)19/h2-4,6,9,20-21H,1H2,(H2,12,14,15)/t4?,6?,9-,10-/m1/s1. The normalized spacial score (nSPS) is 31.3. The van der Waals surface area contributed by atoms with Gasteiger partial charge in [-0.3, -0.25) is 4.57 Å². The molecule has 0 aliphatic carbocycles. The van der Waals surface area contributed by atoms with Crippen molar-refractivity contribution in [3.8, 4) is 0 Å². The van der Waals surface area contributed by atoms with E-state index in [4.69, 9.17) is 16.0 Å². The van der Waals surface area contributed by atoms with Crippen LogP contribution in [-0.2, 0) is 4.74 Å². The number of nitrogens with two attached hydrogens (primary N) is 1. The molecule has 116 valence electrons. The van der Waals surface area contributed by atoms with Crippen LogP contribution in [0.15, 0.2) is 17.8 Å². The van der Waals surface area contributed by atoms with E-state index in [1.54, 1.807) is 0 Å². The van der Waals surface area contributed by atoms with Crippen LogP contribution in [0, 0.1) is 0 Å². The first-order valence-corrected chi connectivity index (χ1v) is 6.14. The number of fused-ring (bicyclic) bond motifs is 1. The van der Waals surface area contributed by atoms with E-state index >= 15 is 0 Å². The molecule has 0 bridgehead atoms. The van der Waals surface area contributed by atoms with Crippen LogP contribution >= 0.6 is 0 Å². The summed E-state index contributed by atoms with van der Waals surface area (Å²) in [6, 6.07) is 0. The molecule has 3 heterocycles. The van der Waals surface area contributed by atoms with Crippen molar-refractivity contribution in [3.05, 3.63) is 23.1 Å². The first kappa shape index (κ1) is 14.4. The topological polar surface area (TPSA) is 168 Å². The Balaban J connectivity index is 2.08. The number of hydrogen-bond acceptors (Lipinski definition) is 8. The van der Waals surface area contributed by atoms with Gasteiger partial charge in [0.05, 0.1) is 12.9 Å². The molecule has 0 saturated carbocycles. The molecule has 0 spiro atoms. The summed E-state index contributed by atoms with van der Waals surface area (Å²) in [5, 5.41) is 22.4. The Labute approximate surface area is 121 Å². The van der Waals surface area contributed by atoms with Gasteiger partial charge in [0.25, 0.3) is 0 Å². The maximum absolute atomic E-state index is 14.4. The monoisotopic (exact) mass is 310 g/mol. The lowest BCUT2D eigenvalue weighted by molar-refractivity contribution is -0.122. The number of halogens is 1. The van der Waals surface area contributed by atoms with Gasteiger partial charge >= 0.3 is 0 Å². The van der Waals surface area contributed by atoms with Crippen LogP contribution in [0.2, 0.25) is 0 Å². The number of rotatable bonds is 3. The van der Waals surface area contributed by atoms with Crippen molar-refractivity contribution in [2.75, 3.05) is 12.3 Å². The number of nitrogen functional groups attached to an aromatic ring is 1. The minimum absolute atomic E-state index is 0.0983. The minimum atomic E-state index is -2.12. The highest BCUT2D eigenvalue weighted by Crippen LogP contribution is 2.41. The van der Waals surface area contributed by atoms with Gasteiger partial charge in [-0.15, -0.1) is 0 Å². The van der Waals surface area contributed by atoms with E-state index in [-0.39, 0.29) is 17.0 Å². The van der Waals surface area contributed by atoms with Crippen LogP contribution in [-0.4, -0.2) is 54.3 Å². The molecule has 1 fully saturated rings. The van der Waals surface area contributed by atoms with Gasteiger partial charge in [0.1, 0.15) is 17.9 Å². The third kappa shape index (κ3) is 1.86. The predicted molar refractivity (Wildman–Crippen MR) is 69.7 cm³/mol. The Morgan fingerprint density at radius 2 is 2.32 bits per heavy atom. The Kier molecular flexibility index (Phi) is 3.30. The molecular formula is C10H11FN8O3. The highest BCUT2D eigenvalue weighted by atomic mass is 19.1. The van der Waals surface area contributed by atoms with Crippen LogP contribution in [0.4, 0.5) is 10.2 Å². The van der Waals surface area contributed by atoms with E-state index in [0.717, 1.165) is 0 Å². The Hall–Kier alpha value is -2.53. The van der Waals surface area contributed by atoms with Crippen LogP contribution in [0.3, 0.4) is 0 Å². The molecule has 4 N–H and O–H groups in total. The Morgan fingerprint density at radius 1 is 1.55 bits per heavy atom. The number of alkyl halides is 1. The van der Waals surface area contributed by atoms with Crippen LogP contribution < -0.4 is 5.73 Å². The molecule has 22 heavy (non-hydrogen) atoms. The lowest BCUT2D eigenvalue weighted by Gasteiger charge is -2.23. The molecule has 1 saturated heterocycles. The van der Waals surface area contributed by atoms with Crippen molar-refractivity contribution < 1.29 is 19.3 Å². The van der Waals surface area contributed by atoms with Crippen molar-refractivity contribution in [2.24, 2.45) is 5.11 Å².